The van der Waals surface area contributed by atoms with Crippen LogP contribution in [0.5, 0.6) is 0 Å². The molecule has 2 unspecified atom stereocenters. The largest absolute Gasteiger partial charge is 0.314 e. The number of rotatable bonds is 4. The van der Waals surface area contributed by atoms with Crippen LogP contribution in [0, 0.1) is 11.8 Å². The van der Waals surface area contributed by atoms with Crippen molar-refractivity contribution < 1.29 is 0 Å². The Hall–Kier alpha value is -0.0800. The molecule has 1 saturated heterocycles. The molecular weight excluding hydrogens is 196 g/mol. The Morgan fingerprint density at radius 2 is 1.75 bits per heavy atom. The quantitative estimate of drug-likeness (QED) is 0.789. The van der Waals surface area contributed by atoms with Gasteiger partial charge in [0.1, 0.15) is 0 Å². The van der Waals surface area contributed by atoms with Gasteiger partial charge in [0.25, 0.3) is 0 Å². The summed E-state index contributed by atoms with van der Waals surface area (Å²) in [7, 11) is 2.32. The SMILES string of the molecule is CC1CC(CN(C)CC2CCCC2)CCN1. The number of nitrogens with one attached hydrogen (secondary N) is 1. The minimum absolute atomic E-state index is 0.735. The molecule has 2 aliphatic rings. The monoisotopic (exact) mass is 224 g/mol. The van der Waals surface area contributed by atoms with Crippen LogP contribution < -0.4 is 5.32 Å². The molecule has 0 spiro atoms. The van der Waals surface area contributed by atoms with Crippen molar-refractivity contribution in [1.29, 1.82) is 0 Å². The third-order valence-electron chi connectivity index (χ3n) is 4.35. The van der Waals surface area contributed by atoms with Gasteiger partial charge in [-0.2, -0.15) is 0 Å². The van der Waals surface area contributed by atoms with Crippen LogP contribution in [-0.2, 0) is 0 Å². The molecule has 94 valence electrons. The van der Waals surface area contributed by atoms with Crippen LogP contribution in [0.25, 0.3) is 0 Å². The molecule has 0 bridgehead atoms. The van der Waals surface area contributed by atoms with Crippen LogP contribution in [0.3, 0.4) is 0 Å². The summed E-state index contributed by atoms with van der Waals surface area (Å²) < 4.78 is 0. The van der Waals surface area contributed by atoms with Gasteiger partial charge in [0.15, 0.2) is 0 Å². The highest BCUT2D eigenvalue weighted by Gasteiger charge is 2.22. The highest BCUT2D eigenvalue weighted by molar-refractivity contribution is 4.78. The Morgan fingerprint density at radius 1 is 1.06 bits per heavy atom. The van der Waals surface area contributed by atoms with Gasteiger partial charge >= 0.3 is 0 Å². The minimum Gasteiger partial charge on any atom is -0.314 e. The van der Waals surface area contributed by atoms with E-state index in [1.54, 1.807) is 0 Å². The van der Waals surface area contributed by atoms with E-state index in [1.165, 1.54) is 58.2 Å². The van der Waals surface area contributed by atoms with E-state index in [1.807, 2.05) is 0 Å². The summed E-state index contributed by atoms with van der Waals surface area (Å²) in [5.41, 5.74) is 0. The van der Waals surface area contributed by atoms with Crippen molar-refractivity contribution >= 4 is 0 Å². The zero-order valence-electron chi connectivity index (χ0n) is 11.0. The molecule has 0 aromatic rings. The molecule has 2 fully saturated rings. The summed E-state index contributed by atoms with van der Waals surface area (Å²) in [5.74, 6) is 1.94. The number of piperidine rings is 1. The van der Waals surface area contributed by atoms with E-state index >= 15 is 0 Å². The van der Waals surface area contributed by atoms with Crippen LogP contribution in [0.2, 0.25) is 0 Å². The predicted molar refractivity (Wildman–Crippen MR) is 69.6 cm³/mol. The first kappa shape index (κ1) is 12.4. The molecule has 0 amide bonds. The molecule has 16 heavy (non-hydrogen) atoms. The second-order valence-corrected chi connectivity index (χ2v) is 6.12. The van der Waals surface area contributed by atoms with E-state index in [-0.39, 0.29) is 0 Å². The van der Waals surface area contributed by atoms with E-state index < -0.39 is 0 Å². The van der Waals surface area contributed by atoms with Gasteiger partial charge in [-0.25, -0.2) is 0 Å². The maximum absolute atomic E-state index is 3.54. The Morgan fingerprint density at radius 3 is 2.44 bits per heavy atom. The molecule has 2 nitrogen and oxygen atoms in total. The second kappa shape index (κ2) is 6.02. The van der Waals surface area contributed by atoms with Gasteiger partial charge in [-0.05, 0) is 58.0 Å². The van der Waals surface area contributed by atoms with Gasteiger partial charge in [0, 0.05) is 19.1 Å². The van der Waals surface area contributed by atoms with Gasteiger partial charge in [0.2, 0.25) is 0 Å². The lowest BCUT2D eigenvalue weighted by Crippen LogP contribution is -2.40. The lowest BCUT2D eigenvalue weighted by Gasteiger charge is -2.32. The normalized spacial score (nSPS) is 32.4. The summed E-state index contributed by atoms with van der Waals surface area (Å²) in [4.78, 5) is 2.60. The molecule has 1 aliphatic heterocycles. The fourth-order valence-corrected chi connectivity index (χ4v) is 3.55. The van der Waals surface area contributed by atoms with Crippen molar-refractivity contribution in [2.24, 2.45) is 11.8 Å². The molecule has 1 aliphatic carbocycles. The van der Waals surface area contributed by atoms with Crippen molar-refractivity contribution in [3.05, 3.63) is 0 Å². The van der Waals surface area contributed by atoms with E-state index in [2.05, 4.69) is 24.2 Å². The summed E-state index contributed by atoms with van der Waals surface area (Å²) in [6.07, 6.45) is 8.65. The highest BCUT2D eigenvalue weighted by Crippen LogP contribution is 2.26. The van der Waals surface area contributed by atoms with E-state index in [0.717, 1.165) is 17.9 Å². The molecule has 0 radical (unpaired) electrons. The molecule has 2 heteroatoms. The van der Waals surface area contributed by atoms with Crippen LogP contribution >= 0.6 is 0 Å². The molecule has 0 aromatic carbocycles. The van der Waals surface area contributed by atoms with Gasteiger partial charge in [0.05, 0.1) is 0 Å². The molecular formula is C14H28N2. The van der Waals surface area contributed by atoms with Crippen molar-refractivity contribution in [3.63, 3.8) is 0 Å². The summed E-state index contributed by atoms with van der Waals surface area (Å²) >= 11 is 0. The fourth-order valence-electron chi connectivity index (χ4n) is 3.55. The van der Waals surface area contributed by atoms with Crippen LogP contribution in [-0.4, -0.2) is 37.6 Å². The van der Waals surface area contributed by atoms with Gasteiger partial charge in [-0.1, -0.05) is 12.8 Å². The first-order valence-electron chi connectivity index (χ1n) is 7.16. The minimum atomic E-state index is 0.735. The van der Waals surface area contributed by atoms with Gasteiger partial charge in [-0.3, -0.25) is 0 Å². The van der Waals surface area contributed by atoms with Gasteiger partial charge < -0.3 is 10.2 Å². The fraction of sp³-hybridized carbons (Fsp3) is 1.00. The van der Waals surface area contributed by atoms with Crippen molar-refractivity contribution in [3.8, 4) is 0 Å². The number of hydrogen-bond donors (Lipinski definition) is 1. The lowest BCUT2D eigenvalue weighted by atomic mass is 9.92. The number of hydrogen-bond acceptors (Lipinski definition) is 2. The Labute approximate surface area is 101 Å². The maximum atomic E-state index is 3.54. The van der Waals surface area contributed by atoms with Crippen LogP contribution in [0.1, 0.15) is 45.4 Å². The van der Waals surface area contributed by atoms with E-state index in [4.69, 9.17) is 0 Å². The van der Waals surface area contributed by atoms with E-state index in [0.29, 0.717) is 0 Å². The summed E-state index contributed by atoms with van der Waals surface area (Å²) in [5, 5.41) is 3.54. The van der Waals surface area contributed by atoms with Crippen LogP contribution in [0.4, 0.5) is 0 Å². The predicted octanol–water partition coefficient (Wildman–Crippen LogP) is 2.50. The van der Waals surface area contributed by atoms with Gasteiger partial charge in [-0.15, -0.1) is 0 Å². The Bertz CT molecular complexity index is 199. The molecule has 2 rings (SSSR count). The van der Waals surface area contributed by atoms with Crippen molar-refractivity contribution in [2.45, 2.75) is 51.5 Å². The van der Waals surface area contributed by atoms with Crippen LogP contribution in [0.15, 0.2) is 0 Å². The topological polar surface area (TPSA) is 15.3 Å². The highest BCUT2D eigenvalue weighted by atomic mass is 15.1. The maximum Gasteiger partial charge on any atom is 0.00418 e. The lowest BCUT2D eigenvalue weighted by molar-refractivity contribution is 0.199. The molecule has 1 N–H and O–H groups in total. The van der Waals surface area contributed by atoms with Crippen molar-refractivity contribution in [2.75, 3.05) is 26.7 Å². The third-order valence-corrected chi connectivity index (χ3v) is 4.35. The zero-order chi connectivity index (χ0) is 11.4. The molecule has 2 atom stereocenters. The summed E-state index contributed by atoms with van der Waals surface area (Å²) in [6, 6.07) is 0.735. The third kappa shape index (κ3) is 3.74. The first-order valence-corrected chi connectivity index (χ1v) is 7.16. The molecule has 0 aromatic heterocycles. The smallest absolute Gasteiger partial charge is 0.00418 e. The standard InChI is InChI=1S/C14H28N2/c1-12-9-14(7-8-15-12)11-16(2)10-13-5-3-4-6-13/h12-15H,3-11H2,1-2H3. The average molecular weight is 224 g/mol. The Balaban J connectivity index is 1.67. The average Bonchev–Trinajstić information content (AvgIpc) is 2.70. The number of nitrogens with zero attached hydrogens (tertiary/aromatic N) is 1. The first-order chi connectivity index (χ1) is 7.74. The zero-order valence-corrected chi connectivity index (χ0v) is 11.0. The van der Waals surface area contributed by atoms with E-state index in [9.17, 15) is 0 Å². The van der Waals surface area contributed by atoms with Crippen molar-refractivity contribution in [1.82, 2.24) is 10.2 Å². The summed E-state index contributed by atoms with van der Waals surface area (Å²) in [6.45, 7) is 6.22. The molecule has 1 heterocycles. The second-order valence-electron chi connectivity index (χ2n) is 6.12. The Kier molecular flexibility index (Phi) is 4.66. The molecule has 1 saturated carbocycles.